The summed E-state index contributed by atoms with van der Waals surface area (Å²) in [4.78, 5) is 25.4. The van der Waals surface area contributed by atoms with Crippen LogP contribution in [0.25, 0.3) is 33.4 Å². The van der Waals surface area contributed by atoms with E-state index in [1.807, 2.05) is 78.9 Å². The van der Waals surface area contributed by atoms with Gasteiger partial charge in [0.25, 0.3) is 0 Å². The first kappa shape index (κ1) is 26.4. The van der Waals surface area contributed by atoms with Crippen LogP contribution in [-0.4, -0.2) is 10.2 Å². The van der Waals surface area contributed by atoms with E-state index in [0.29, 0.717) is 16.7 Å². The minimum absolute atomic E-state index is 0.0403. The average molecular weight is 525 g/mol. The Morgan fingerprint density at radius 3 is 1.32 bits per heavy atom. The highest BCUT2D eigenvalue weighted by atomic mass is 32.2. The van der Waals surface area contributed by atoms with Crippen molar-refractivity contribution in [1.29, 1.82) is 0 Å². The molecule has 0 atom stereocenters. The smallest absolute Gasteiger partial charge is 0.219 e. The lowest BCUT2D eigenvalue weighted by atomic mass is 9.97. The molecule has 0 aromatic heterocycles. The Bertz CT molecular complexity index is 1490. The molecule has 5 heteroatoms. The molecule has 0 radical (unpaired) electrons. The third-order valence-corrected chi connectivity index (χ3v) is 7.74. The monoisotopic (exact) mass is 524 g/mol. The summed E-state index contributed by atoms with van der Waals surface area (Å²) in [6.45, 7) is 10.7. The van der Waals surface area contributed by atoms with Gasteiger partial charge in [0.15, 0.2) is 0 Å². The number of rotatable bonds is 7. The molecule has 0 aliphatic carbocycles. The molecule has 0 bridgehead atoms. The second-order valence-corrected chi connectivity index (χ2v) is 10.8. The zero-order valence-electron chi connectivity index (χ0n) is 20.6. The largest absolute Gasteiger partial charge is 0.282 e. The lowest BCUT2D eigenvalue weighted by Crippen LogP contribution is -1.91. The van der Waals surface area contributed by atoms with Crippen molar-refractivity contribution in [3.8, 4) is 33.4 Å². The lowest BCUT2D eigenvalue weighted by molar-refractivity contribution is -0.108. The van der Waals surface area contributed by atoms with Gasteiger partial charge in [-0.15, -0.1) is 0 Å². The van der Waals surface area contributed by atoms with Crippen molar-refractivity contribution in [1.82, 2.24) is 0 Å². The van der Waals surface area contributed by atoms with Crippen LogP contribution >= 0.6 is 23.5 Å². The molecular formula is C32H25FO2S2. The molecule has 0 aliphatic heterocycles. The lowest BCUT2D eigenvalue weighted by Gasteiger charge is -2.09. The Balaban J connectivity index is 1.47. The normalized spacial score (nSPS) is 10.7. The van der Waals surface area contributed by atoms with E-state index in [0.717, 1.165) is 49.4 Å². The molecule has 0 unspecified atom stereocenters. The van der Waals surface area contributed by atoms with Crippen LogP contribution in [0.2, 0.25) is 0 Å². The maximum absolute atomic E-state index is 15.1. The first-order valence-electron chi connectivity index (χ1n) is 11.6. The van der Waals surface area contributed by atoms with Crippen LogP contribution in [0, 0.1) is 5.82 Å². The number of benzene rings is 4. The molecule has 0 aliphatic rings. The summed E-state index contributed by atoms with van der Waals surface area (Å²) in [6, 6.07) is 28.3. The van der Waals surface area contributed by atoms with E-state index in [9.17, 15) is 9.59 Å². The fraction of sp³-hybridized carbons (Fsp3) is 0.0625. The SMILES string of the molecule is C=C(C)C(=O)Sc1ccc(-c2ccc(-c3ccc(-c4ccc(SC(=O)C(=C)C)cc4)c(F)c3)cc2)cc1. The van der Waals surface area contributed by atoms with Gasteiger partial charge in [0.1, 0.15) is 5.82 Å². The molecule has 4 aromatic rings. The summed E-state index contributed by atoms with van der Waals surface area (Å²) in [5.41, 5.74) is 6.05. The third kappa shape index (κ3) is 6.56. The molecule has 0 spiro atoms. The first-order chi connectivity index (χ1) is 17.7. The van der Waals surface area contributed by atoms with E-state index in [-0.39, 0.29) is 16.0 Å². The maximum atomic E-state index is 15.1. The molecular weight excluding hydrogens is 499 g/mol. The second kappa shape index (κ2) is 11.6. The molecule has 0 N–H and O–H groups in total. The van der Waals surface area contributed by atoms with Crippen molar-refractivity contribution in [3.63, 3.8) is 0 Å². The molecule has 2 nitrogen and oxygen atoms in total. The van der Waals surface area contributed by atoms with Crippen LogP contribution < -0.4 is 0 Å². The van der Waals surface area contributed by atoms with Crippen molar-refractivity contribution in [2.45, 2.75) is 23.6 Å². The summed E-state index contributed by atoms with van der Waals surface area (Å²) in [6.07, 6.45) is 0. The van der Waals surface area contributed by atoms with Crippen molar-refractivity contribution in [3.05, 3.63) is 121 Å². The Morgan fingerprint density at radius 1 is 0.568 bits per heavy atom. The minimum Gasteiger partial charge on any atom is -0.282 e. The van der Waals surface area contributed by atoms with E-state index in [1.54, 1.807) is 26.0 Å². The van der Waals surface area contributed by atoms with Gasteiger partial charge in [-0.2, -0.15) is 0 Å². The number of hydrogen-bond acceptors (Lipinski definition) is 4. The molecule has 184 valence electrons. The molecule has 0 fully saturated rings. The average Bonchev–Trinajstić information content (AvgIpc) is 2.89. The maximum Gasteiger partial charge on any atom is 0.219 e. The number of thioether (sulfide) groups is 2. The summed E-state index contributed by atoms with van der Waals surface area (Å²) >= 11 is 2.28. The highest BCUT2D eigenvalue weighted by Gasteiger charge is 2.10. The van der Waals surface area contributed by atoms with Gasteiger partial charge < -0.3 is 0 Å². The number of halogens is 1. The second-order valence-electron chi connectivity index (χ2n) is 8.66. The summed E-state index contributed by atoms with van der Waals surface area (Å²) < 4.78 is 15.1. The van der Waals surface area contributed by atoms with Crippen LogP contribution in [0.15, 0.2) is 125 Å². The summed E-state index contributed by atoms with van der Waals surface area (Å²) in [5.74, 6) is -0.308. The topological polar surface area (TPSA) is 34.1 Å². The van der Waals surface area contributed by atoms with Crippen molar-refractivity contribution >= 4 is 33.8 Å². The van der Waals surface area contributed by atoms with Crippen LogP contribution in [0.1, 0.15) is 13.8 Å². The van der Waals surface area contributed by atoms with Gasteiger partial charge in [-0.1, -0.05) is 73.8 Å². The Kier molecular flexibility index (Phi) is 8.27. The first-order valence-corrected chi connectivity index (χ1v) is 13.2. The Morgan fingerprint density at radius 2 is 0.919 bits per heavy atom. The van der Waals surface area contributed by atoms with Crippen LogP contribution in [0.4, 0.5) is 4.39 Å². The predicted molar refractivity (Wildman–Crippen MR) is 154 cm³/mol. The van der Waals surface area contributed by atoms with E-state index < -0.39 is 0 Å². The molecule has 0 saturated carbocycles. The molecule has 0 amide bonds. The van der Waals surface area contributed by atoms with Gasteiger partial charge in [0, 0.05) is 15.4 Å². The van der Waals surface area contributed by atoms with Crippen LogP contribution in [0.3, 0.4) is 0 Å². The number of carbonyl (C=O) groups excluding carboxylic acids is 2. The van der Waals surface area contributed by atoms with Gasteiger partial charge >= 0.3 is 0 Å². The Hall–Kier alpha value is -3.67. The zero-order valence-corrected chi connectivity index (χ0v) is 22.2. The summed E-state index contributed by atoms with van der Waals surface area (Å²) in [7, 11) is 0. The number of hydrogen-bond donors (Lipinski definition) is 0. The minimum atomic E-state index is -0.308. The quantitative estimate of drug-likeness (QED) is 0.178. The third-order valence-electron chi connectivity index (χ3n) is 5.66. The van der Waals surface area contributed by atoms with E-state index in [1.165, 1.54) is 11.8 Å². The van der Waals surface area contributed by atoms with Gasteiger partial charge in [-0.05, 0) is 107 Å². The molecule has 4 aromatic carbocycles. The van der Waals surface area contributed by atoms with Crippen molar-refractivity contribution in [2.75, 3.05) is 0 Å². The standard InChI is InChI=1S/C32H25FO2S2/c1-20(2)31(34)36-27-14-9-23(10-15-27)22-5-7-24(8-6-22)26-13-18-29(30(33)19-26)25-11-16-28(17-12-25)37-32(35)21(3)4/h5-19H,1,3H2,2,4H3. The van der Waals surface area contributed by atoms with Gasteiger partial charge in [-0.3, -0.25) is 9.59 Å². The van der Waals surface area contributed by atoms with E-state index in [2.05, 4.69) is 13.2 Å². The predicted octanol–water partition coefficient (Wildman–Crippen LogP) is 9.22. The Labute approximate surface area is 225 Å². The highest BCUT2D eigenvalue weighted by Crippen LogP contribution is 2.32. The number of carbonyl (C=O) groups is 2. The van der Waals surface area contributed by atoms with Gasteiger partial charge in [0.2, 0.25) is 10.2 Å². The molecule has 37 heavy (non-hydrogen) atoms. The summed E-state index contributed by atoms with van der Waals surface area (Å²) in [5, 5.41) is -0.123. The zero-order chi connectivity index (χ0) is 26.5. The van der Waals surface area contributed by atoms with Gasteiger partial charge in [0.05, 0.1) is 0 Å². The van der Waals surface area contributed by atoms with Crippen LogP contribution in [0.5, 0.6) is 0 Å². The van der Waals surface area contributed by atoms with E-state index >= 15 is 4.39 Å². The van der Waals surface area contributed by atoms with Crippen molar-refractivity contribution in [2.24, 2.45) is 0 Å². The molecule has 4 rings (SSSR count). The molecule has 0 saturated heterocycles. The van der Waals surface area contributed by atoms with Crippen LogP contribution in [-0.2, 0) is 9.59 Å². The molecule has 0 heterocycles. The highest BCUT2D eigenvalue weighted by molar-refractivity contribution is 8.14. The fourth-order valence-corrected chi connectivity index (χ4v) is 4.91. The van der Waals surface area contributed by atoms with Crippen molar-refractivity contribution < 1.29 is 14.0 Å². The fourth-order valence-electron chi connectivity index (χ4n) is 3.59. The van der Waals surface area contributed by atoms with E-state index in [4.69, 9.17) is 0 Å². The van der Waals surface area contributed by atoms with Gasteiger partial charge in [-0.25, -0.2) is 4.39 Å².